The molecular weight excluding hydrogens is 314 g/mol. The third-order valence-corrected chi connectivity index (χ3v) is 4.58. The lowest BCUT2D eigenvalue weighted by molar-refractivity contribution is 0.174. The first kappa shape index (κ1) is 15.6. The van der Waals surface area contributed by atoms with Crippen LogP contribution in [0.1, 0.15) is 36.0 Å². The van der Waals surface area contributed by atoms with Crippen LogP contribution in [0.5, 0.6) is 11.5 Å². The molecule has 2 aromatic rings. The van der Waals surface area contributed by atoms with Gasteiger partial charge in [-0.1, -0.05) is 19.9 Å². The molecule has 2 N–H and O–H groups in total. The number of rotatable bonds is 5. The molecule has 1 aliphatic heterocycles. The number of urea groups is 1. The Morgan fingerprint density at radius 1 is 1.26 bits per heavy atom. The topological polar surface area (TPSA) is 72.5 Å². The van der Waals surface area contributed by atoms with E-state index >= 15 is 0 Å². The van der Waals surface area contributed by atoms with Crippen LogP contribution >= 0.6 is 11.3 Å². The van der Waals surface area contributed by atoms with E-state index < -0.39 is 0 Å². The van der Waals surface area contributed by atoms with Crippen LogP contribution in [0.25, 0.3) is 0 Å². The van der Waals surface area contributed by atoms with E-state index in [1.165, 1.54) is 0 Å². The number of aromatic nitrogens is 1. The SMILES string of the molecule is CC(C)c1nc(CNC(=O)NCc2ccc3c(c2)OCO3)cs1. The first-order valence-electron chi connectivity index (χ1n) is 7.46. The second kappa shape index (κ2) is 6.87. The highest BCUT2D eigenvalue weighted by Gasteiger charge is 2.13. The average Bonchev–Trinajstić information content (AvgIpc) is 3.19. The minimum atomic E-state index is -0.221. The molecule has 0 saturated heterocycles. The first-order valence-corrected chi connectivity index (χ1v) is 8.34. The van der Waals surface area contributed by atoms with Gasteiger partial charge >= 0.3 is 6.03 Å². The van der Waals surface area contributed by atoms with Crippen molar-refractivity contribution in [1.29, 1.82) is 0 Å². The molecule has 1 aliphatic rings. The number of nitrogens with zero attached hydrogens (tertiary/aromatic N) is 1. The monoisotopic (exact) mass is 333 g/mol. The summed E-state index contributed by atoms with van der Waals surface area (Å²) in [5.41, 5.74) is 1.84. The first-order chi connectivity index (χ1) is 11.1. The summed E-state index contributed by atoms with van der Waals surface area (Å²) in [4.78, 5) is 16.3. The number of nitrogens with one attached hydrogen (secondary N) is 2. The molecule has 3 rings (SSSR count). The van der Waals surface area contributed by atoms with Gasteiger partial charge in [-0.05, 0) is 17.7 Å². The van der Waals surface area contributed by atoms with Gasteiger partial charge in [0.15, 0.2) is 11.5 Å². The molecule has 0 saturated carbocycles. The molecule has 1 aromatic heterocycles. The predicted molar refractivity (Wildman–Crippen MR) is 87.8 cm³/mol. The largest absolute Gasteiger partial charge is 0.454 e. The highest BCUT2D eigenvalue weighted by molar-refractivity contribution is 7.09. The third kappa shape index (κ3) is 3.92. The van der Waals surface area contributed by atoms with Gasteiger partial charge < -0.3 is 20.1 Å². The van der Waals surface area contributed by atoms with Crippen molar-refractivity contribution in [1.82, 2.24) is 15.6 Å². The van der Waals surface area contributed by atoms with E-state index in [9.17, 15) is 4.79 Å². The average molecular weight is 333 g/mol. The fourth-order valence-corrected chi connectivity index (χ4v) is 2.97. The number of hydrogen-bond acceptors (Lipinski definition) is 5. The van der Waals surface area contributed by atoms with Crippen molar-refractivity contribution in [2.75, 3.05) is 6.79 Å². The second-order valence-electron chi connectivity index (χ2n) is 5.56. The van der Waals surface area contributed by atoms with Crippen molar-refractivity contribution in [3.63, 3.8) is 0 Å². The summed E-state index contributed by atoms with van der Waals surface area (Å²) in [5.74, 6) is 1.87. The summed E-state index contributed by atoms with van der Waals surface area (Å²) >= 11 is 1.62. The van der Waals surface area contributed by atoms with Crippen molar-refractivity contribution in [3.05, 3.63) is 39.8 Å². The molecule has 0 aliphatic carbocycles. The summed E-state index contributed by atoms with van der Waals surface area (Å²) in [6.07, 6.45) is 0. The predicted octanol–water partition coefficient (Wildman–Crippen LogP) is 2.99. The summed E-state index contributed by atoms with van der Waals surface area (Å²) in [6, 6.07) is 5.41. The summed E-state index contributed by atoms with van der Waals surface area (Å²) in [5, 5.41) is 8.70. The van der Waals surface area contributed by atoms with Crippen LogP contribution in [-0.2, 0) is 13.1 Å². The molecule has 2 amide bonds. The van der Waals surface area contributed by atoms with Gasteiger partial charge in [0.2, 0.25) is 6.79 Å². The standard InChI is InChI=1S/C16H19N3O3S/c1-10(2)15-19-12(8-23-15)7-18-16(20)17-6-11-3-4-13-14(5-11)22-9-21-13/h3-5,8,10H,6-7,9H2,1-2H3,(H2,17,18,20). The van der Waals surface area contributed by atoms with Crippen molar-refractivity contribution in [2.24, 2.45) is 0 Å². The molecule has 0 atom stereocenters. The van der Waals surface area contributed by atoms with Crippen molar-refractivity contribution < 1.29 is 14.3 Å². The lowest BCUT2D eigenvalue weighted by Crippen LogP contribution is -2.34. The van der Waals surface area contributed by atoms with Gasteiger partial charge in [-0.25, -0.2) is 9.78 Å². The molecule has 122 valence electrons. The van der Waals surface area contributed by atoms with Gasteiger partial charge in [0, 0.05) is 17.8 Å². The zero-order valence-corrected chi connectivity index (χ0v) is 13.9. The van der Waals surface area contributed by atoms with E-state index in [-0.39, 0.29) is 12.8 Å². The molecule has 2 heterocycles. The lowest BCUT2D eigenvalue weighted by Gasteiger charge is -2.07. The Morgan fingerprint density at radius 2 is 2.04 bits per heavy atom. The molecular formula is C16H19N3O3S. The molecule has 23 heavy (non-hydrogen) atoms. The van der Waals surface area contributed by atoms with Crippen LogP contribution in [0.15, 0.2) is 23.6 Å². The minimum absolute atomic E-state index is 0.221. The maximum atomic E-state index is 11.9. The molecule has 1 aromatic carbocycles. The van der Waals surface area contributed by atoms with Crippen LogP contribution in [0.2, 0.25) is 0 Å². The number of fused-ring (bicyclic) bond motifs is 1. The van der Waals surface area contributed by atoms with Crippen LogP contribution in [-0.4, -0.2) is 17.8 Å². The highest BCUT2D eigenvalue weighted by atomic mass is 32.1. The summed E-state index contributed by atoms with van der Waals surface area (Å²) in [7, 11) is 0. The fraction of sp³-hybridized carbons (Fsp3) is 0.375. The van der Waals surface area contributed by atoms with Gasteiger partial charge in [-0.3, -0.25) is 0 Å². The molecule has 0 fully saturated rings. The quantitative estimate of drug-likeness (QED) is 0.882. The number of ether oxygens (including phenoxy) is 2. The molecule has 6 nitrogen and oxygen atoms in total. The Labute approximate surface area is 138 Å². The van der Waals surface area contributed by atoms with E-state index in [2.05, 4.69) is 29.5 Å². The molecule has 0 radical (unpaired) electrons. The second-order valence-corrected chi connectivity index (χ2v) is 6.45. The maximum absolute atomic E-state index is 11.9. The van der Waals surface area contributed by atoms with Gasteiger partial charge in [0.1, 0.15) is 0 Å². The number of carbonyl (C=O) groups is 1. The number of carbonyl (C=O) groups excluding carboxylic acids is 1. The van der Waals surface area contributed by atoms with E-state index in [0.717, 1.165) is 22.0 Å². The van der Waals surface area contributed by atoms with Crippen LogP contribution in [0.4, 0.5) is 4.79 Å². The maximum Gasteiger partial charge on any atom is 0.315 e. The Balaban J connectivity index is 1.46. The van der Waals surface area contributed by atoms with E-state index in [4.69, 9.17) is 9.47 Å². The van der Waals surface area contributed by atoms with Crippen molar-refractivity contribution >= 4 is 17.4 Å². The van der Waals surface area contributed by atoms with E-state index in [0.29, 0.717) is 24.8 Å². The Morgan fingerprint density at radius 3 is 2.83 bits per heavy atom. The number of hydrogen-bond donors (Lipinski definition) is 2. The normalized spacial score (nSPS) is 12.5. The summed E-state index contributed by atoms with van der Waals surface area (Å²) < 4.78 is 10.6. The van der Waals surface area contributed by atoms with Gasteiger partial charge in [0.05, 0.1) is 17.2 Å². The van der Waals surface area contributed by atoms with Crippen molar-refractivity contribution in [3.8, 4) is 11.5 Å². The van der Waals surface area contributed by atoms with Crippen molar-refractivity contribution in [2.45, 2.75) is 32.9 Å². The molecule has 0 bridgehead atoms. The zero-order chi connectivity index (χ0) is 16.2. The smallest absolute Gasteiger partial charge is 0.315 e. The lowest BCUT2D eigenvalue weighted by atomic mass is 10.2. The van der Waals surface area contributed by atoms with Gasteiger partial charge in [0.25, 0.3) is 0 Å². The van der Waals surface area contributed by atoms with Crippen LogP contribution in [0.3, 0.4) is 0 Å². The number of amides is 2. The van der Waals surface area contributed by atoms with E-state index in [1.807, 2.05) is 23.6 Å². The third-order valence-electron chi connectivity index (χ3n) is 3.38. The highest BCUT2D eigenvalue weighted by Crippen LogP contribution is 2.32. The van der Waals surface area contributed by atoms with Gasteiger partial charge in [-0.2, -0.15) is 0 Å². The molecule has 7 heteroatoms. The Hall–Kier alpha value is -2.28. The van der Waals surface area contributed by atoms with Crippen LogP contribution < -0.4 is 20.1 Å². The summed E-state index contributed by atoms with van der Waals surface area (Å²) in [6.45, 7) is 5.31. The molecule has 0 unspecified atom stereocenters. The minimum Gasteiger partial charge on any atom is -0.454 e. The Bertz CT molecular complexity index is 700. The fourth-order valence-electron chi connectivity index (χ4n) is 2.14. The van der Waals surface area contributed by atoms with E-state index in [1.54, 1.807) is 11.3 Å². The Kier molecular flexibility index (Phi) is 4.66. The number of thiazole rings is 1. The van der Waals surface area contributed by atoms with Gasteiger partial charge in [-0.15, -0.1) is 11.3 Å². The van der Waals surface area contributed by atoms with Crippen LogP contribution in [0, 0.1) is 0 Å². The molecule has 0 spiro atoms. The number of benzene rings is 1. The zero-order valence-electron chi connectivity index (χ0n) is 13.1.